The van der Waals surface area contributed by atoms with Gasteiger partial charge in [-0.3, -0.25) is 24.3 Å². The Balaban J connectivity index is 1.47. The summed E-state index contributed by atoms with van der Waals surface area (Å²) in [5.41, 5.74) is 0.966. The Morgan fingerprint density at radius 2 is 2.06 bits per heavy atom. The molecule has 0 aliphatic rings. The highest BCUT2D eigenvalue weighted by Gasteiger charge is 2.14. The number of hydrogen-bond donors (Lipinski definition) is 1. The number of hydrogen-bond acceptors (Lipinski definition) is 6. The van der Waals surface area contributed by atoms with Crippen LogP contribution < -0.4 is 10.9 Å². The number of non-ortho nitro benzene ring substituents is 1. The molecule has 0 aliphatic heterocycles. The molecule has 12 heteroatoms. The third-order valence-electron chi connectivity index (χ3n) is 4.88. The average Bonchev–Trinajstić information content (AvgIpc) is 3.21. The summed E-state index contributed by atoms with van der Waals surface area (Å²) < 4.78 is 3.63. The molecule has 10 nitrogen and oxygen atoms in total. The lowest BCUT2D eigenvalue weighted by Gasteiger charge is -2.08. The number of aromatic nitrogens is 4. The van der Waals surface area contributed by atoms with Crippen LogP contribution in [0.3, 0.4) is 0 Å². The molecule has 0 saturated carbocycles. The molecule has 1 amide bonds. The Morgan fingerprint density at radius 3 is 2.85 bits per heavy atom. The van der Waals surface area contributed by atoms with Gasteiger partial charge in [0.25, 0.3) is 17.2 Å². The van der Waals surface area contributed by atoms with Crippen molar-refractivity contribution in [2.75, 3.05) is 6.54 Å². The van der Waals surface area contributed by atoms with Crippen LogP contribution in [0.2, 0.25) is 5.02 Å². The van der Waals surface area contributed by atoms with Gasteiger partial charge in [-0.15, -0.1) is 0 Å². The van der Waals surface area contributed by atoms with Gasteiger partial charge < -0.3 is 5.32 Å². The Kier molecular flexibility index (Phi) is 6.52. The lowest BCUT2D eigenvalue weighted by molar-refractivity contribution is -0.384. The van der Waals surface area contributed by atoms with E-state index in [0.717, 1.165) is 4.47 Å². The van der Waals surface area contributed by atoms with Crippen LogP contribution in [-0.4, -0.2) is 36.7 Å². The monoisotopic (exact) mass is 530 g/mol. The molecule has 1 N–H and O–H groups in total. The van der Waals surface area contributed by atoms with Gasteiger partial charge in [-0.25, -0.2) is 9.67 Å². The van der Waals surface area contributed by atoms with E-state index in [-0.39, 0.29) is 30.2 Å². The van der Waals surface area contributed by atoms with Crippen molar-refractivity contribution in [3.05, 3.63) is 96.1 Å². The van der Waals surface area contributed by atoms with E-state index in [9.17, 15) is 19.7 Å². The van der Waals surface area contributed by atoms with Gasteiger partial charge in [0, 0.05) is 23.2 Å². The molecule has 0 bridgehead atoms. The highest BCUT2D eigenvalue weighted by atomic mass is 79.9. The third-order valence-corrected chi connectivity index (χ3v) is 5.70. The minimum Gasteiger partial charge on any atom is -0.350 e. The zero-order valence-electron chi connectivity index (χ0n) is 16.9. The Hall–Kier alpha value is -3.57. The zero-order chi connectivity index (χ0) is 23.5. The maximum Gasteiger partial charge on any atom is 0.269 e. The number of nitro benzene ring substituents is 1. The molecule has 2 aromatic carbocycles. The van der Waals surface area contributed by atoms with Gasteiger partial charge >= 0.3 is 0 Å². The first-order valence-electron chi connectivity index (χ1n) is 9.71. The van der Waals surface area contributed by atoms with Crippen LogP contribution in [0.1, 0.15) is 15.9 Å². The third kappa shape index (κ3) is 4.94. The largest absolute Gasteiger partial charge is 0.350 e. The molecular weight excluding hydrogens is 516 g/mol. The van der Waals surface area contributed by atoms with Crippen molar-refractivity contribution >= 4 is 50.2 Å². The highest BCUT2D eigenvalue weighted by molar-refractivity contribution is 9.10. The lowest BCUT2D eigenvalue weighted by atomic mass is 10.2. The number of carbonyl (C=O) groups is 1. The number of amides is 1. The van der Waals surface area contributed by atoms with Crippen molar-refractivity contribution in [2.24, 2.45) is 0 Å². The average molecular weight is 532 g/mol. The van der Waals surface area contributed by atoms with Gasteiger partial charge in [0.05, 0.1) is 34.8 Å². The maximum atomic E-state index is 12.8. The van der Waals surface area contributed by atoms with Crippen molar-refractivity contribution in [1.29, 1.82) is 0 Å². The Bertz CT molecular complexity index is 1430. The predicted molar refractivity (Wildman–Crippen MR) is 125 cm³/mol. The summed E-state index contributed by atoms with van der Waals surface area (Å²) in [5, 5.41) is 18.6. The summed E-state index contributed by atoms with van der Waals surface area (Å²) in [7, 11) is 0. The number of benzene rings is 2. The van der Waals surface area contributed by atoms with Gasteiger partial charge in [0.2, 0.25) is 0 Å². The molecule has 0 atom stereocenters. The summed E-state index contributed by atoms with van der Waals surface area (Å²) in [6, 6.07) is 11.1. The smallest absolute Gasteiger partial charge is 0.269 e. The standard InChI is InChI=1S/C21H16BrClN6O4/c22-14-4-5-18(23)16(9-14)20(30)24-6-7-28-19-17(10-26-28)21(31)27(12-25-19)11-13-2-1-3-15(8-13)29(32)33/h1-5,8-10,12H,6-7,11H2,(H,24,30). The molecule has 0 fully saturated rings. The summed E-state index contributed by atoms with van der Waals surface area (Å²) in [6.45, 7) is 0.678. The molecule has 33 heavy (non-hydrogen) atoms. The summed E-state index contributed by atoms with van der Waals surface area (Å²) >= 11 is 9.39. The van der Waals surface area contributed by atoms with Crippen LogP contribution in [0.5, 0.6) is 0 Å². The molecule has 168 valence electrons. The van der Waals surface area contributed by atoms with Crippen molar-refractivity contribution < 1.29 is 9.72 Å². The van der Waals surface area contributed by atoms with E-state index in [1.54, 1.807) is 30.3 Å². The van der Waals surface area contributed by atoms with E-state index in [0.29, 0.717) is 33.7 Å². The summed E-state index contributed by atoms with van der Waals surface area (Å²) in [6.07, 6.45) is 2.79. The number of nitrogens with zero attached hydrogens (tertiary/aromatic N) is 5. The van der Waals surface area contributed by atoms with Crippen molar-refractivity contribution in [3.8, 4) is 0 Å². The second kappa shape index (κ2) is 9.51. The fourth-order valence-corrected chi connectivity index (χ4v) is 3.85. The summed E-state index contributed by atoms with van der Waals surface area (Å²) in [5.74, 6) is -0.329. The van der Waals surface area contributed by atoms with E-state index < -0.39 is 4.92 Å². The minimum atomic E-state index is -0.485. The van der Waals surface area contributed by atoms with Crippen molar-refractivity contribution in [3.63, 3.8) is 0 Å². The molecule has 2 heterocycles. The molecule has 0 radical (unpaired) electrons. The fraction of sp³-hybridized carbons (Fsp3) is 0.143. The number of nitro groups is 1. The fourth-order valence-electron chi connectivity index (χ4n) is 3.28. The van der Waals surface area contributed by atoms with Gasteiger partial charge in [-0.05, 0) is 23.8 Å². The molecule has 0 saturated heterocycles. The van der Waals surface area contributed by atoms with Gasteiger partial charge in [0.1, 0.15) is 11.7 Å². The van der Waals surface area contributed by atoms with Gasteiger partial charge in [-0.1, -0.05) is 39.7 Å². The second-order valence-corrected chi connectivity index (χ2v) is 8.41. The number of halogens is 2. The normalized spacial score (nSPS) is 11.0. The number of fused-ring (bicyclic) bond motifs is 1. The summed E-state index contributed by atoms with van der Waals surface area (Å²) in [4.78, 5) is 40.1. The first-order chi connectivity index (χ1) is 15.8. The molecule has 0 unspecified atom stereocenters. The van der Waals surface area contributed by atoms with Crippen LogP contribution >= 0.6 is 27.5 Å². The predicted octanol–water partition coefficient (Wildman–Crippen LogP) is 3.40. The van der Waals surface area contributed by atoms with E-state index in [2.05, 4.69) is 31.3 Å². The Labute approximate surface area is 200 Å². The van der Waals surface area contributed by atoms with Crippen LogP contribution in [0.4, 0.5) is 5.69 Å². The number of rotatable bonds is 7. The van der Waals surface area contributed by atoms with Crippen LogP contribution in [0.25, 0.3) is 11.0 Å². The minimum absolute atomic E-state index is 0.0476. The van der Waals surface area contributed by atoms with E-state index in [1.807, 2.05) is 0 Å². The van der Waals surface area contributed by atoms with Crippen molar-refractivity contribution in [2.45, 2.75) is 13.1 Å². The molecule has 0 aliphatic carbocycles. The molecule has 4 rings (SSSR count). The Morgan fingerprint density at radius 1 is 1.24 bits per heavy atom. The van der Waals surface area contributed by atoms with E-state index in [1.165, 1.54) is 33.9 Å². The first-order valence-corrected chi connectivity index (χ1v) is 10.9. The zero-order valence-corrected chi connectivity index (χ0v) is 19.3. The SMILES string of the molecule is O=C(NCCn1ncc2c(=O)n(Cc3cccc([N+](=O)[O-])c3)cnc21)c1cc(Br)ccc1Cl. The van der Waals surface area contributed by atoms with Crippen LogP contribution in [0.15, 0.2) is 64.3 Å². The first kappa shape index (κ1) is 22.6. The topological polar surface area (TPSA) is 125 Å². The van der Waals surface area contributed by atoms with E-state index >= 15 is 0 Å². The number of carbonyl (C=O) groups excluding carboxylic acids is 1. The second-order valence-electron chi connectivity index (χ2n) is 7.09. The maximum absolute atomic E-state index is 12.8. The van der Waals surface area contributed by atoms with Crippen LogP contribution in [0, 0.1) is 10.1 Å². The molecule has 2 aromatic heterocycles. The number of nitrogens with one attached hydrogen (secondary N) is 1. The van der Waals surface area contributed by atoms with Gasteiger partial charge in [-0.2, -0.15) is 5.10 Å². The lowest BCUT2D eigenvalue weighted by Crippen LogP contribution is -2.28. The molecular formula is C21H16BrClN6O4. The molecule has 0 spiro atoms. The van der Waals surface area contributed by atoms with Crippen molar-refractivity contribution in [1.82, 2.24) is 24.6 Å². The highest BCUT2D eigenvalue weighted by Crippen LogP contribution is 2.21. The van der Waals surface area contributed by atoms with E-state index in [4.69, 9.17) is 11.6 Å². The quantitative estimate of drug-likeness (QED) is 0.288. The van der Waals surface area contributed by atoms with Gasteiger partial charge in [0.15, 0.2) is 5.65 Å². The molecule has 4 aromatic rings. The van der Waals surface area contributed by atoms with Crippen LogP contribution in [-0.2, 0) is 13.1 Å².